The van der Waals surface area contributed by atoms with Crippen molar-refractivity contribution in [3.63, 3.8) is 0 Å². The molecule has 0 radical (unpaired) electrons. The highest BCUT2D eigenvalue weighted by molar-refractivity contribution is 7.10. The number of aromatic nitrogens is 2. The van der Waals surface area contributed by atoms with Gasteiger partial charge in [0.05, 0.1) is 25.3 Å². The van der Waals surface area contributed by atoms with E-state index in [9.17, 15) is 4.79 Å². The molecule has 1 amide bonds. The van der Waals surface area contributed by atoms with Crippen LogP contribution in [0.1, 0.15) is 12.1 Å². The van der Waals surface area contributed by atoms with Gasteiger partial charge in [0, 0.05) is 11.5 Å². The SMILES string of the molecule is NNc1snnc1CN1C(=O)CCOc2ccccc21. The van der Waals surface area contributed by atoms with Crippen molar-refractivity contribution in [2.24, 2.45) is 5.84 Å². The summed E-state index contributed by atoms with van der Waals surface area (Å²) in [6.45, 7) is 0.693. The maximum atomic E-state index is 12.3. The number of carbonyl (C=O) groups excluding carboxylic acids is 1. The molecule has 1 aromatic heterocycles. The molecule has 8 heteroatoms. The van der Waals surface area contributed by atoms with Crippen LogP contribution in [0.3, 0.4) is 0 Å². The molecule has 0 aliphatic carbocycles. The van der Waals surface area contributed by atoms with Gasteiger partial charge in [0.2, 0.25) is 5.91 Å². The summed E-state index contributed by atoms with van der Waals surface area (Å²) in [4.78, 5) is 13.9. The van der Waals surface area contributed by atoms with E-state index in [2.05, 4.69) is 15.0 Å². The van der Waals surface area contributed by atoms with E-state index in [0.29, 0.717) is 36.0 Å². The predicted octanol–water partition coefficient (Wildman–Crippen LogP) is 1.14. The Labute approximate surface area is 119 Å². The zero-order valence-corrected chi connectivity index (χ0v) is 11.4. The lowest BCUT2D eigenvalue weighted by Crippen LogP contribution is -2.30. The molecule has 104 valence electrons. The Bertz CT molecular complexity index is 630. The summed E-state index contributed by atoms with van der Waals surface area (Å²) in [5.41, 5.74) is 3.93. The molecule has 0 spiro atoms. The van der Waals surface area contributed by atoms with Crippen LogP contribution in [-0.4, -0.2) is 22.1 Å². The number of hydrazine groups is 1. The van der Waals surface area contributed by atoms with Crippen LogP contribution in [0.25, 0.3) is 0 Å². The highest BCUT2D eigenvalue weighted by atomic mass is 32.1. The summed E-state index contributed by atoms with van der Waals surface area (Å²) in [5.74, 6) is 6.10. The van der Waals surface area contributed by atoms with E-state index >= 15 is 0 Å². The lowest BCUT2D eigenvalue weighted by Gasteiger charge is -2.21. The number of nitrogen functional groups attached to an aromatic ring is 1. The minimum Gasteiger partial charge on any atom is -0.491 e. The Morgan fingerprint density at radius 2 is 2.30 bits per heavy atom. The lowest BCUT2D eigenvalue weighted by molar-refractivity contribution is -0.118. The second kappa shape index (κ2) is 5.43. The monoisotopic (exact) mass is 291 g/mol. The Balaban J connectivity index is 1.96. The smallest absolute Gasteiger partial charge is 0.230 e. The number of anilines is 2. The fourth-order valence-electron chi connectivity index (χ4n) is 2.06. The molecule has 20 heavy (non-hydrogen) atoms. The molecule has 1 aliphatic rings. The van der Waals surface area contributed by atoms with Gasteiger partial charge < -0.3 is 15.1 Å². The average molecular weight is 291 g/mol. The zero-order chi connectivity index (χ0) is 13.9. The second-order valence-corrected chi connectivity index (χ2v) is 4.99. The van der Waals surface area contributed by atoms with Gasteiger partial charge >= 0.3 is 0 Å². The van der Waals surface area contributed by atoms with Gasteiger partial charge in [-0.05, 0) is 12.1 Å². The molecule has 0 fully saturated rings. The molecular weight excluding hydrogens is 278 g/mol. The molecule has 3 rings (SSSR count). The van der Waals surface area contributed by atoms with Crippen LogP contribution in [0.4, 0.5) is 10.7 Å². The van der Waals surface area contributed by atoms with Gasteiger partial charge in [0.25, 0.3) is 0 Å². The molecule has 0 saturated heterocycles. The largest absolute Gasteiger partial charge is 0.491 e. The van der Waals surface area contributed by atoms with Crippen LogP contribution in [-0.2, 0) is 11.3 Å². The summed E-state index contributed by atoms with van der Waals surface area (Å²) in [6, 6.07) is 7.45. The molecule has 1 aliphatic heterocycles. The number of amides is 1. The van der Waals surface area contributed by atoms with Gasteiger partial charge in [-0.15, -0.1) is 5.10 Å². The third-order valence-corrected chi connectivity index (χ3v) is 3.72. The first-order valence-corrected chi connectivity index (χ1v) is 6.87. The van der Waals surface area contributed by atoms with Gasteiger partial charge in [-0.2, -0.15) is 0 Å². The predicted molar refractivity (Wildman–Crippen MR) is 75.5 cm³/mol. The van der Waals surface area contributed by atoms with Gasteiger partial charge in [-0.25, -0.2) is 5.84 Å². The van der Waals surface area contributed by atoms with Gasteiger partial charge in [-0.3, -0.25) is 4.79 Å². The van der Waals surface area contributed by atoms with E-state index in [-0.39, 0.29) is 5.91 Å². The van der Waals surface area contributed by atoms with Crippen LogP contribution in [0.5, 0.6) is 5.75 Å². The van der Waals surface area contributed by atoms with Crippen molar-refractivity contribution in [1.29, 1.82) is 0 Å². The third-order valence-electron chi connectivity index (χ3n) is 3.03. The standard InChI is InChI=1S/C12H13N5O2S/c13-14-12-8(15-16-20-12)7-17-9-3-1-2-4-10(9)19-6-5-11(17)18/h1-4,14H,5-7,13H2. The van der Waals surface area contributed by atoms with Crippen molar-refractivity contribution in [3.8, 4) is 5.75 Å². The molecular formula is C12H13N5O2S. The highest BCUT2D eigenvalue weighted by Gasteiger charge is 2.25. The van der Waals surface area contributed by atoms with Crippen molar-refractivity contribution >= 4 is 28.1 Å². The number of hydrogen-bond acceptors (Lipinski definition) is 7. The van der Waals surface area contributed by atoms with Crippen molar-refractivity contribution in [3.05, 3.63) is 30.0 Å². The fourth-order valence-corrected chi connectivity index (χ4v) is 2.55. The molecule has 2 heterocycles. The number of nitrogens with one attached hydrogen (secondary N) is 1. The number of nitrogens with two attached hydrogens (primary N) is 1. The van der Waals surface area contributed by atoms with Crippen LogP contribution in [0, 0.1) is 0 Å². The number of rotatable bonds is 3. The van der Waals surface area contributed by atoms with Gasteiger partial charge in [0.1, 0.15) is 16.4 Å². The number of fused-ring (bicyclic) bond motifs is 1. The first-order valence-electron chi connectivity index (χ1n) is 6.09. The van der Waals surface area contributed by atoms with E-state index in [4.69, 9.17) is 10.6 Å². The van der Waals surface area contributed by atoms with Crippen molar-refractivity contribution in [2.45, 2.75) is 13.0 Å². The third kappa shape index (κ3) is 2.30. The normalized spacial score (nSPS) is 14.4. The molecule has 0 atom stereocenters. The molecule has 0 bridgehead atoms. The Kier molecular flexibility index (Phi) is 3.48. The first-order chi connectivity index (χ1) is 9.79. The quantitative estimate of drug-likeness (QED) is 0.650. The second-order valence-electron chi connectivity index (χ2n) is 4.24. The summed E-state index contributed by atoms with van der Waals surface area (Å²) < 4.78 is 9.43. The Morgan fingerprint density at radius 3 is 3.15 bits per heavy atom. The summed E-state index contributed by atoms with van der Waals surface area (Å²) >= 11 is 1.16. The minimum absolute atomic E-state index is 0.00841. The molecule has 3 N–H and O–H groups in total. The zero-order valence-electron chi connectivity index (χ0n) is 10.6. The maximum Gasteiger partial charge on any atom is 0.230 e. The molecule has 2 aromatic rings. The molecule has 0 unspecified atom stereocenters. The number of nitrogens with zero attached hydrogens (tertiary/aromatic N) is 3. The number of ether oxygens (including phenoxy) is 1. The van der Waals surface area contributed by atoms with Crippen molar-refractivity contribution in [1.82, 2.24) is 9.59 Å². The summed E-state index contributed by atoms with van der Waals surface area (Å²) in [6.07, 6.45) is 0.331. The summed E-state index contributed by atoms with van der Waals surface area (Å²) in [5, 5.41) is 4.66. The fraction of sp³-hybridized carbons (Fsp3) is 0.250. The number of carbonyl (C=O) groups is 1. The Morgan fingerprint density at radius 1 is 1.45 bits per heavy atom. The van der Waals surface area contributed by atoms with Crippen LogP contribution < -0.4 is 20.9 Å². The van der Waals surface area contributed by atoms with E-state index in [0.717, 1.165) is 17.2 Å². The minimum atomic E-state index is -0.00841. The van der Waals surface area contributed by atoms with Gasteiger partial charge in [-0.1, -0.05) is 16.6 Å². The molecule has 7 nitrogen and oxygen atoms in total. The van der Waals surface area contributed by atoms with E-state index in [1.165, 1.54) is 0 Å². The van der Waals surface area contributed by atoms with Crippen LogP contribution in [0.2, 0.25) is 0 Å². The topological polar surface area (TPSA) is 93.4 Å². The first kappa shape index (κ1) is 12.8. The van der Waals surface area contributed by atoms with Crippen molar-refractivity contribution in [2.75, 3.05) is 16.9 Å². The highest BCUT2D eigenvalue weighted by Crippen LogP contribution is 2.32. The van der Waals surface area contributed by atoms with Gasteiger partial charge in [0.15, 0.2) is 0 Å². The van der Waals surface area contributed by atoms with Crippen LogP contribution >= 0.6 is 11.5 Å². The number of para-hydroxylation sites is 2. The number of benzene rings is 1. The lowest BCUT2D eigenvalue weighted by atomic mass is 10.2. The summed E-state index contributed by atoms with van der Waals surface area (Å²) in [7, 11) is 0. The van der Waals surface area contributed by atoms with Crippen LogP contribution in [0.15, 0.2) is 24.3 Å². The Hall–Kier alpha value is -2.19. The van der Waals surface area contributed by atoms with E-state index < -0.39 is 0 Å². The molecule has 1 aromatic carbocycles. The van der Waals surface area contributed by atoms with E-state index in [1.807, 2.05) is 24.3 Å². The molecule has 0 saturated carbocycles. The average Bonchev–Trinajstić information content (AvgIpc) is 2.86. The maximum absolute atomic E-state index is 12.3. The van der Waals surface area contributed by atoms with Crippen molar-refractivity contribution < 1.29 is 9.53 Å². The van der Waals surface area contributed by atoms with E-state index in [1.54, 1.807) is 4.90 Å². The number of hydrogen-bond donors (Lipinski definition) is 2.